The lowest BCUT2D eigenvalue weighted by atomic mass is 9.94. The SMILES string of the molecule is CCCN1C(=O)c2[nH]nc(-c3cc(C)ccc3O)c2[C@H]1c1ccc(OCC)c(OCC)c1. The highest BCUT2D eigenvalue weighted by atomic mass is 16.5. The van der Waals surface area contributed by atoms with E-state index in [1.807, 2.05) is 62.9 Å². The number of rotatable bonds is 8. The van der Waals surface area contributed by atoms with Gasteiger partial charge in [-0.05, 0) is 57.0 Å². The van der Waals surface area contributed by atoms with E-state index >= 15 is 0 Å². The lowest BCUT2D eigenvalue weighted by Crippen LogP contribution is -2.30. The number of aromatic hydroxyl groups is 1. The van der Waals surface area contributed by atoms with Crippen LogP contribution in [0.5, 0.6) is 17.2 Å². The van der Waals surface area contributed by atoms with E-state index in [1.165, 1.54) is 0 Å². The van der Waals surface area contributed by atoms with Crippen LogP contribution in [-0.2, 0) is 0 Å². The summed E-state index contributed by atoms with van der Waals surface area (Å²) in [7, 11) is 0. The van der Waals surface area contributed by atoms with Gasteiger partial charge in [0.05, 0.1) is 19.3 Å². The number of nitrogens with one attached hydrogen (secondary N) is 1. The summed E-state index contributed by atoms with van der Waals surface area (Å²) >= 11 is 0. The quantitative estimate of drug-likeness (QED) is 0.528. The first-order chi connectivity index (χ1) is 15.5. The summed E-state index contributed by atoms with van der Waals surface area (Å²) in [4.78, 5) is 15.1. The van der Waals surface area contributed by atoms with E-state index < -0.39 is 0 Å². The highest BCUT2D eigenvalue weighted by molar-refractivity contribution is 6.00. The van der Waals surface area contributed by atoms with E-state index in [-0.39, 0.29) is 17.7 Å². The van der Waals surface area contributed by atoms with Gasteiger partial charge in [-0.3, -0.25) is 9.89 Å². The lowest BCUT2D eigenvalue weighted by Gasteiger charge is -2.26. The Kier molecular flexibility index (Phi) is 6.08. The number of H-pyrrole nitrogens is 1. The van der Waals surface area contributed by atoms with Gasteiger partial charge in [-0.15, -0.1) is 0 Å². The number of ether oxygens (including phenoxy) is 2. The normalized spacial score (nSPS) is 15.2. The van der Waals surface area contributed by atoms with Crippen molar-refractivity contribution >= 4 is 5.91 Å². The molecule has 0 bridgehead atoms. The van der Waals surface area contributed by atoms with Crippen LogP contribution >= 0.6 is 0 Å². The number of hydrogen-bond donors (Lipinski definition) is 2. The fourth-order valence-corrected chi connectivity index (χ4v) is 4.30. The van der Waals surface area contributed by atoms with Crippen molar-refractivity contribution < 1.29 is 19.4 Å². The van der Waals surface area contributed by atoms with Crippen LogP contribution < -0.4 is 9.47 Å². The average molecular weight is 436 g/mol. The smallest absolute Gasteiger partial charge is 0.273 e. The molecule has 1 aromatic heterocycles. The Hall–Kier alpha value is -3.48. The fourth-order valence-electron chi connectivity index (χ4n) is 4.30. The molecule has 0 saturated heterocycles. The van der Waals surface area contributed by atoms with Crippen LogP contribution in [-0.4, -0.2) is 45.9 Å². The minimum absolute atomic E-state index is 0.0930. The largest absolute Gasteiger partial charge is 0.507 e. The Morgan fingerprint density at radius 2 is 1.81 bits per heavy atom. The van der Waals surface area contributed by atoms with E-state index in [4.69, 9.17) is 9.47 Å². The molecule has 1 aliphatic rings. The number of amides is 1. The Labute approximate surface area is 188 Å². The highest BCUT2D eigenvalue weighted by Crippen LogP contribution is 2.46. The Bertz CT molecular complexity index is 1140. The van der Waals surface area contributed by atoms with Gasteiger partial charge >= 0.3 is 0 Å². The monoisotopic (exact) mass is 435 g/mol. The van der Waals surface area contributed by atoms with E-state index in [0.29, 0.717) is 48.2 Å². The number of carbonyl (C=O) groups is 1. The number of phenols is 1. The summed E-state index contributed by atoms with van der Waals surface area (Å²) in [5.74, 6) is 1.36. The molecule has 7 heteroatoms. The molecular weight excluding hydrogens is 406 g/mol. The molecule has 7 nitrogen and oxygen atoms in total. The molecule has 1 atom stereocenters. The molecule has 0 unspecified atom stereocenters. The van der Waals surface area contributed by atoms with Crippen LogP contribution in [0.1, 0.15) is 60.4 Å². The van der Waals surface area contributed by atoms with E-state index in [1.54, 1.807) is 6.07 Å². The Balaban J connectivity index is 1.89. The van der Waals surface area contributed by atoms with Crippen LogP contribution in [0.4, 0.5) is 0 Å². The zero-order chi connectivity index (χ0) is 22.8. The molecule has 3 aromatic rings. The zero-order valence-electron chi connectivity index (χ0n) is 18.9. The molecule has 0 spiro atoms. The molecule has 0 saturated carbocycles. The molecule has 1 amide bonds. The minimum atomic E-state index is -0.346. The predicted octanol–water partition coefficient (Wildman–Crippen LogP) is 4.84. The summed E-state index contributed by atoms with van der Waals surface area (Å²) in [6.07, 6.45) is 0.820. The van der Waals surface area contributed by atoms with Crippen molar-refractivity contribution in [2.24, 2.45) is 0 Å². The standard InChI is InChI=1S/C25H29N3O4/c1-5-12-28-24(16-9-11-19(31-6-2)20(14-16)32-7-3)21-22(26-27-23(21)25(28)30)17-13-15(4)8-10-18(17)29/h8-11,13-14,24,29H,5-7,12H2,1-4H3,(H,26,27)/t24-/m1/s1. The van der Waals surface area contributed by atoms with Crippen LogP contribution in [0, 0.1) is 6.92 Å². The van der Waals surface area contributed by atoms with E-state index in [2.05, 4.69) is 10.2 Å². The molecule has 1 aliphatic heterocycles. The van der Waals surface area contributed by atoms with Crippen molar-refractivity contribution in [3.63, 3.8) is 0 Å². The number of aromatic nitrogens is 2. The Morgan fingerprint density at radius 1 is 1.06 bits per heavy atom. The van der Waals surface area contributed by atoms with Crippen molar-refractivity contribution in [1.29, 1.82) is 0 Å². The molecular formula is C25H29N3O4. The van der Waals surface area contributed by atoms with Gasteiger partial charge in [0, 0.05) is 17.7 Å². The van der Waals surface area contributed by atoms with Crippen molar-refractivity contribution in [2.45, 2.75) is 40.2 Å². The molecule has 2 aromatic carbocycles. The number of carbonyl (C=O) groups excluding carboxylic acids is 1. The lowest BCUT2D eigenvalue weighted by molar-refractivity contribution is 0.0743. The maximum absolute atomic E-state index is 13.3. The van der Waals surface area contributed by atoms with Crippen LogP contribution in [0.2, 0.25) is 0 Å². The molecule has 32 heavy (non-hydrogen) atoms. The van der Waals surface area contributed by atoms with Gasteiger partial charge in [-0.1, -0.05) is 24.6 Å². The second-order valence-electron chi connectivity index (χ2n) is 7.85. The topological polar surface area (TPSA) is 87.7 Å². The van der Waals surface area contributed by atoms with Crippen molar-refractivity contribution in [2.75, 3.05) is 19.8 Å². The molecule has 0 aliphatic carbocycles. The van der Waals surface area contributed by atoms with Gasteiger partial charge in [0.15, 0.2) is 11.5 Å². The van der Waals surface area contributed by atoms with Gasteiger partial charge in [-0.25, -0.2) is 0 Å². The average Bonchev–Trinajstić information content (AvgIpc) is 3.31. The third-order valence-corrected chi connectivity index (χ3v) is 5.62. The van der Waals surface area contributed by atoms with Crippen LogP contribution in [0.3, 0.4) is 0 Å². The first kappa shape index (κ1) is 21.7. The zero-order valence-corrected chi connectivity index (χ0v) is 18.9. The molecule has 0 fully saturated rings. The number of nitrogens with zero attached hydrogens (tertiary/aromatic N) is 2. The number of hydrogen-bond acceptors (Lipinski definition) is 5. The number of fused-ring (bicyclic) bond motifs is 1. The summed E-state index contributed by atoms with van der Waals surface area (Å²) < 4.78 is 11.6. The molecule has 168 valence electrons. The number of aromatic amines is 1. The number of phenolic OH excluding ortho intramolecular Hbond substituents is 1. The van der Waals surface area contributed by atoms with Gasteiger partial charge in [0.2, 0.25) is 0 Å². The number of aryl methyl sites for hydroxylation is 1. The van der Waals surface area contributed by atoms with Gasteiger partial charge in [-0.2, -0.15) is 5.10 Å². The molecule has 0 radical (unpaired) electrons. The predicted molar refractivity (Wildman–Crippen MR) is 122 cm³/mol. The first-order valence-electron chi connectivity index (χ1n) is 11.1. The third kappa shape index (κ3) is 3.68. The van der Waals surface area contributed by atoms with Crippen LogP contribution in [0.25, 0.3) is 11.3 Å². The summed E-state index contributed by atoms with van der Waals surface area (Å²) in [5, 5.41) is 17.9. The molecule has 2 N–H and O–H groups in total. The fraction of sp³-hybridized carbons (Fsp3) is 0.360. The second kappa shape index (κ2) is 8.94. The summed E-state index contributed by atoms with van der Waals surface area (Å²) in [6, 6.07) is 10.8. The van der Waals surface area contributed by atoms with Crippen LogP contribution in [0.15, 0.2) is 36.4 Å². The van der Waals surface area contributed by atoms with Gasteiger partial charge in [0.1, 0.15) is 17.1 Å². The second-order valence-corrected chi connectivity index (χ2v) is 7.85. The Morgan fingerprint density at radius 3 is 2.53 bits per heavy atom. The summed E-state index contributed by atoms with van der Waals surface area (Å²) in [5.41, 5.74) is 4.34. The van der Waals surface area contributed by atoms with Crippen molar-refractivity contribution in [3.05, 3.63) is 58.8 Å². The third-order valence-electron chi connectivity index (χ3n) is 5.62. The highest BCUT2D eigenvalue weighted by Gasteiger charge is 2.42. The van der Waals surface area contributed by atoms with Crippen molar-refractivity contribution in [1.82, 2.24) is 15.1 Å². The first-order valence-corrected chi connectivity index (χ1v) is 11.1. The maximum atomic E-state index is 13.3. The number of benzene rings is 2. The van der Waals surface area contributed by atoms with Gasteiger partial charge in [0.25, 0.3) is 5.91 Å². The van der Waals surface area contributed by atoms with E-state index in [9.17, 15) is 9.90 Å². The summed E-state index contributed by atoms with van der Waals surface area (Å²) in [6.45, 7) is 9.51. The molecule has 2 heterocycles. The van der Waals surface area contributed by atoms with E-state index in [0.717, 1.165) is 23.1 Å². The molecule has 4 rings (SSSR count). The van der Waals surface area contributed by atoms with Crippen molar-refractivity contribution in [3.8, 4) is 28.5 Å². The minimum Gasteiger partial charge on any atom is -0.507 e. The maximum Gasteiger partial charge on any atom is 0.273 e. The van der Waals surface area contributed by atoms with Gasteiger partial charge < -0.3 is 19.5 Å².